The zero-order valence-electron chi connectivity index (χ0n) is 18.4. The van der Waals surface area contributed by atoms with Gasteiger partial charge in [0.25, 0.3) is 5.89 Å². The van der Waals surface area contributed by atoms with Gasteiger partial charge in [-0.2, -0.15) is 4.98 Å². The van der Waals surface area contributed by atoms with E-state index >= 15 is 0 Å². The predicted molar refractivity (Wildman–Crippen MR) is 127 cm³/mol. The summed E-state index contributed by atoms with van der Waals surface area (Å²) in [6, 6.07) is 17.5. The van der Waals surface area contributed by atoms with E-state index in [0.29, 0.717) is 23.4 Å². The molecule has 0 aliphatic carbocycles. The SMILES string of the molecule is COCCCN1C(=S)NC(c2ccc(OC)cc2)C(c2nc(-c3ccccc3)no2)=C1C. The molecule has 1 atom stereocenters. The van der Waals surface area contributed by atoms with Crippen LogP contribution in [0.2, 0.25) is 0 Å². The maximum absolute atomic E-state index is 5.76. The number of allylic oxidation sites excluding steroid dienone is 1. The molecular weight excluding hydrogens is 424 g/mol. The fourth-order valence-corrected chi connectivity index (χ4v) is 4.12. The first-order valence-electron chi connectivity index (χ1n) is 10.4. The number of rotatable bonds is 8. The minimum Gasteiger partial charge on any atom is -0.497 e. The molecule has 0 fully saturated rings. The Bertz CT molecular complexity index is 1100. The third-order valence-corrected chi connectivity index (χ3v) is 5.80. The van der Waals surface area contributed by atoms with Crippen LogP contribution in [-0.2, 0) is 4.74 Å². The van der Waals surface area contributed by atoms with Crippen molar-refractivity contribution in [2.24, 2.45) is 0 Å². The van der Waals surface area contributed by atoms with E-state index in [2.05, 4.69) is 15.4 Å². The first-order valence-corrected chi connectivity index (χ1v) is 10.8. The lowest BCUT2D eigenvalue weighted by atomic mass is 9.94. The highest BCUT2D eigenvalue weighted by Crippen LogP contribution is 2.37. The van der Waals surface area contributed by atoms with Gasteiger partial charge in [-0.1, -0.05) is 47.6 Å². The van der Waals surface area contributed by atoms with E-state index in [1.54, 1.807) is 14.2 Å². The van der Waals surface area contributed by atoms with Crippen LogP contribution in [0.3, 0.4) is 0 Å². The number of ether oxygens (including phenoxy) is 2. The van der Waals surface area contributed by atoms with Crippen LogP contribution in [0.1, 0.15) is 30.8 Å². The third kappa shape index (κ3) is 4.51. The van der Waals surface area contributed by atoms with E-state index in [-0.39, 0.29) is 6.04 Å². The number of benzene rings is 2. The van der Waals surface area contributed by atoms with E-state index < -0.39 is 0 Å². The Kier molecular flexibility index (Phi) is 6.82. The van der Waals surface area contributed by atoms with Gasteiger partial charge < -0.3 is 24.2 Å². The number of methoxy groups -OCH3 is 2. The number of hydrogen-bond donors (Lipinski definition) is 1. The molecule has 7 nitrogen and oxygen atoms in total. The second-order valence-corrected chi connectivity index (χ2v) is 7.83. The summed E-state index contributed by atoms with van der Waals surface area (Å²) in [7, 11) is 3.35. The van der Waals surface area contributed by atoms with Crippen molar-refractivity contribution in [3.05, 3.63) is 71.7 Å². The number of nitrogens with zero attached hydrogens (tertiary/aromatic N) is 3. The monoisotopic (exact) mass is 450 g/mol. The molecule has 4 rings (SSSR count). The van der Waals surface area contributed by atoms with Gasteiger partial charge in [-0.05, 0) is 43.3 Å². The molecule has 1 N–H and O–H groups in total. The molecule has 8 heteroatoms. The van der Waals surface area contributed by atoms with E-state index in [1.807, 2.05) is 61.5 Å². The Labute approximate surface area is 193 Å². The molecule has 0 bridgehead atoms. The van der Waals surface area contributed by atoms with E-state index in [0.717, 1.165) is 41.1 Å². The van der Waals surface area contributed by atoms with Crippen LogP contribution in [0, 0.1) is 0 Å². The summed E-state index contributed by atoms with van der Waals surface area (Å²) >= 11 is 5.71. The molecule has 0 radical (unpaired) electrons. The van der Waals surface area contributed by atoms with Gasteiger partial charge in [-0.3, -0.25) is 0 Å². The van der Waals surface area contributed by atoms with Crippen molar-refractivity contribution < 1.29 is 14.0 Å². The Hall–Kier alpha value is -3.23. The van der Waals surface area contributed by atoms with Crippen LogP contribution in [0.15, 0.2) is 64.8 Å². The molecule has 2 heterocycles. The number of thiocarbonyl (C=S) groups is 1. The van der Waals surface area contributed by atoms with E-state index in [1.165, 1.54) is 0 Å². The second kappa shape index (κ2) is 9.93. The summed E-state index contributed by atoms with van der Waals surface area (Å²) < 4.78 is 16.3. The molecular formula is C24H26N4O3S. The Morgan fingerprint density at radius 2 is 1.84 bits per heavy atom. The molecule has 1 aliphatic rings. The highest BCUT2D eigenvalue weighted by atomic mass is 32.1. The van der Waals surface area contributed by atoms with Crippen LogP contribution in [0.5, 0.6) is 5.75 Å². The van der Waals surface area contributed by atoms with Crippen LogP contribution < -0.4 is 10.1 Å². The fourth-order valence-electron chi connectivity index (χ4n) is 3.78. The third-order valence-electron chi connectivity index (χ3n) is 5.46. The molecule has 1 unspecified atom stereocenters. The minimum absolute atomic E-state index is 0.226. The molecule has 2 aromatic carbocycles. The van der Waals surface area contributed by atoms with Crippen molar-refractivity contribution in [3.63, 3.8) is 0 Å². The van der Waals surface area contributed by atoms with Gasteiger partial charge in [0.1, 0.15) is 5.75 Å². The molecule has 0 spiro atoms. The Morgan fingerprint density at radius 1 is 1.09 bits per heavy atom. The minimum atomic E-state index is -0.226. The summed E-state index contributed by atoms with van der Waals surface area (Å²) in [5.74, 6) is 1.81. The fraction of sp³-hybridized carbons (Fsp3) is 0.292. The molecule has 1 aliphatic heterocycles. The molecule has 0 amide bonds. The summed E-state index contributed by atoms with van der Waals surface area (Å²) in [4.78, 5) is 6.79. The number of aromatic nitrogens is 2. The first kappa shape index (κ1) is 22.0. The van der Waals surface area contributed by atoms with Crippen LogP contribution >= 0.6 is 12.2 Å². The number of nitrogens with one attached hydrogen (secondary N) is 1. The summed E-state index contributed by atoms with van der Waals surface area (Å²) in [5.41, 5.74) is 3.81. The summed E-state index contributed by atoms with van der Waals surface area (Å²) in [6.45, 7) is 3.42. The zero-order chi connectivity index (χ0) is 22.5. The van der Waals surface area contributed by atoms with Gasteiger partial charge in [0.15, 0.2) is 5.11 Å². The molecule has 3 aromatic rings. The average molecular weight is 451 g/mol. The van der Waals surface area contributed by atoms with Crippen LogP contribution in [0.25, 0.3) is 17.0 Å². The normalized spacial score (nSPS) is 16.3. The van der Waals surface area contributed by atoms with Gasteiger partial charge >= 0.3 is 0 Å². The topological polar surface area (TPSA) is 72.7 Å². The van der Waals surface area contributed by atoms with Gasteiger partial charge in [-0.25, -0.2) is 0 Å². The first-order chi connectivity index (χ1) is 15.6. The van der Waals surface area contributed by atoms with Crippen molar-refractivity contribution in [2.45, 2.75) is 19.4 Å². The largest absolute Gasteiger partial charge is 0.497 e. The molecule has 0 saturated carbocycles. The molecule has 1 aromatic heterocycles. The van der Waals surface area contributed by atoms with Crippen LogP contribution in [0.4, 0.5) is 0 Å². The van der Waals surface area contributed by atoms with Gasteiger partial charge in [-0.15, -0.1) is 0 Å². The smallest absolute Gasteiger partial charge is 0.258 e. The number of hydrogen-bond acceptors (Lipinski definition) is 6. The second-order valence-electron chi connectivity index (χ2n) is 7.44. The Balaban J connectivity index is 1.76. The summed E-state index contributed by atoms with van der Waals surface area (Å²) in [5, 5.41) is 8.36. The predicted octanol–water partition coefficient (Wildman–Crippen LogP) is 4.44. The standard InChI is InChI=1S/C24H26N4O3S/c1-16-20(23-26-22(27-31-23)18-8-5-4-6-9-18)21(17-10-12-19(30-3)13-11-17)25-24(32)28(16)14-7-15-29-2/h4-6,8-13,21H,7,14-15H2,1-3H3,(H,25,32). The quantitative estimate of drug-likeness (QED) is 0.399. The van der Waals surface area contributed by atoms with Crippen molar-refractivity contribution in [3.8, 4) is 17.1 Å². The molecule has 32 heavy (non-hydrogen) atoms. The highest BCUT2D eigenvalue weighted by molar-refractivity contribution is 7.80. The summed E-state index contributed by atoms with van der Waals surface area (Å²) in [6.07, 6.45) is 0.843. The Morgan fingerprint density at radius 3 is 2.53 bits per heavy atom. The van der Waals surface area contributed by atoms with Crippen molar-refractivity contribution in [2.75, 3.05) is 27.4 Å². The highest BCUT2D eigenvalue weighted by Gasteiger charge is 2.33. The van der Waals surface area contributed by atoms with E-state index in [4.69, 9.17) is 31.2 Å². The van der Waals surface area contributed by atoms with Crippen molar-refractivity contribution in [1.82, 2.24) is 20.4 Å². The van der Waals surface area contributed by atoms with E-state index in [9.17, 15) is 0 Å². The zero-order valence-corrected chi connectivity index (χ0v) is 19.2. The lowest BCUT2D eigenvalue weighted by Crippen LogP contribution is -2.46. The van der Waals surface area contributed by atoms with Gasteiger partial charge in [0, 0.05) is 31.5 Å². The maximum atomic E-state index is 5.76. The average Bonchev–Trinajstić information content (AvgIpc) is 3.31. The lowest BCUT2D eigenvalue weighted by Gasteiger charge is -2.37. The van der Waals surface area contributed by atoms with Crippen molar-refractivity contribution in [1.29, 1.82) is 0 Å². The van der Waals surface area contributed by atoms with Gasteiger partial charge in [0.2, 0.25) is 5.82 Å². The molecule has 0 saturated heterocycles. The van der Waals surface area contributed by atoms with Crippen molar-refractivity contribution >= 4 is 22.9 Å². The van der Waals surface area contributed by atoms with Crippen LogP contribution in [-0.4, -0.2) is 47.5 Å². The maximum Gasteiger partial charge on any atom is 0.258 e. The molecule has 166 valence electrons. The van der Waals surface area contributed by atoms with Gasteiger partial charge in [0.05, 0.1) is 18.7 Å². The lowest BCUT2D eigenvalue weighted by molar-refractivity contribution is 0.188.